The molecule has 0 radical (unpaired) electrons. The molecule has 0 saturated carbocycles. The summed E-state index contributed by atoms with van der Waals surface area (Å²) in [5.74, 6) is -2.26. The highest BCUT2D eigenvalue weighted by Gasteiger charge is 2.22. The highest BCUT2D eigenvalue weighted by atomic mass is 16.7. The molecule has 0 aromatic rings. The van der Waals surface area contributed by atoms with Crippen molar-refractivity contribution in [2.45, 2.75) is 360 Å². The SMILES string of the molecule is CC/C=C\C/C=C\C/C=C\C/C=C\C/C=C\CCCCCCCCCCCCCCCCCCCCCCCC(=O)OC(COC(=O)CCCCCCCCCCCCCCCCC/C=C\C/C=C\CCCCCCC)COC(OCC[N+](C)(C)C)C(=O)[O-]. The fraction of sp³-hybridized carbons (Fsp3) is 0.787. The molecule has 9 heteroatoms. The van der Waals surface area contributed by atoms with E-state index in [1.165, 1.54) is 244 Å². The average molecular weight is 1250 g/mol. The van der Waals surface area contributed by atoms with Crippen molar-refractivity contribution < 1.29 is 42.9 Å². The van der Waals surface area contributed by atoms with Crippen LogP contribution in [0.25, 0.3) is 0 Å². The molecule has 2 unspecified atom stereocenters. The average Bonchev–Trinajstić information content (AvgIpc) is 3.70. The number of esters is 2. The topological polar surface area (TPSA) is 111 Å². The summed E-state index contributed by atoms with van der Waals surface area (Å²) in [5, 5.41) is 11.8. The maximum absolute atomic E-state index is 13.0. The first kappa shape index (κ1) is 85.5. The van der Waals surface area contributed by atoms with Gasteiger partial charge in [0.1, 0.15) is 13.2 Å². The lowest BCUT2D eigenvalue weighted by Crippen LogP contribution is -2.44. The molecule has 0 aromatic carbocycles. The molecule has 0 saturated heterocycles. The normalized spacial score (nSPS) is 13.1. The van der Waals surface area contributed by atoms with Crippen molar-refractivity contribution in [1.82, 2.24) is 0 Å². The number of rotatable bonds is 70. The second kappa shape index (κ2) is 70.3. The zero-order valence-electron chi connectivity index (χ0n) is 59.0. The van der Waals surface area contributed by atoms with E-state index in [0.717, 1.165) is 70.6 Å². The van der Waals surface area contributed by atoms with Crippen LogP contribution in [0.2, 0.25) is 0 Å². The maximum atomic E-state index is 13.0. The van der Waals surface area contributed by atoms with Crippen molar-refractivity contribution in [2.24, 2.45) is 0 Å². The van der Waals surface area contributed by atoms with E-state index in [-0.39, 0.29) is 32.2 Å². The minimum atomic E-state index is -1.62. The standard InChI is InChI=1S/C80H143NO8/c1-6-8-10-12-14-16-18-20-22-24-26-28-30-32-34-35-36-37-38-39-40-41-42-43-45-47-49-51-53-55-57-59-61-63-65-67-69-71-78(83)89-76(75-88-80(79(84)85)86-73-72-81(3,4)5)74-87-77(82)70-68-66-64-62-60-58-56-54-52-50-48-46-44-33-31-29-27-25-23-21-19-17-15-13-11-9-7-2/h8,10,14,16,19-22,25-28,32,34,76,80H,6-7,9,11-13,15,17-18,23-24,29-31,33,35-75H2,1-5H3/b10-8-,16-14-,21-19-,22-20-,27-25-,28-26-,34-32-. The number of carboxylic acid groups (broad SMARTS) is 1. The molecule has 0 spiro atoms. The number of carbonyl (C=O) groups is 3. The van der Waals surface area contributed by atoms with Crippen LogP contribution in [0, 0.1) is 0 Å². The van der Waals surface area contributed by atoms with Crippen LogP contribution < -0.4 is 5.11 Å². The minimum absolute atomic E-state index is 0.148. The number of unbranched alkanes of at least 4 members (excludes halogenated alkanes) is 41. The lowest BCUT2D eigenvalue weighted by molar-refractivity contribution is -0.870. The third-order valence-electron chi connectivity index (χ3n) is 16.6. The Morgan fingerprint density at radius 3 is 0.955 bits per heavy atom. The molecule has 89 heavy (non-hydrogen) atoms. The smallest absolute Gasteiger partial charge is 0.306 e. The molecule has 0 aliphatic heterocycles. The van der Waals surface area contributed by atoms with Crippen LogP contribution in [-0.4, -0.2) is 82.3 Å². The molecule has 0 rings (SSSR count). The van der Waals surface area contributed by atoms with Crippen molar-refractivity contribution >= 4 is 17.9 Å². The van der Waals surface area contributed by atoms with Crippen molar-refractivity contribution in [1.29, 1.82) is 0 Å². The lowest BCUT2D eigenvalue weighted by atomic mass is 10.0. The summed E-state index contributed by atoms with van der Waals surface area (Å²) in [7, 11) is 5.94. The molecule has 0 heterocycles. The highest BCUT2D eigenvalue weighted by Crippen LogP contribution is 2.18. The summed E-state index contributed by atoms with van der Waals surface area (Å²) in [5.41, 5.74) is 0. The number of allylic oxidation sites excluding steroid dienone is 14. The van der Waals surface area contributed by atoms with Crippen LogP contribution >= 0.6 is 0 Å². The van der Waals surface area contributed by atoms with E-state index >= 15 is 0 Å². The first-order valence-electron chi connectivity index (χ1n) is 37.7. The largest absolute Gasteiger partial charge is 0.545 e. The molecule has 0 fully saturated rings. The Bertz CT molecular complexity index is 1740. The van der Waals surface area contributed by atoms with Crippen LogP contribution in [0.3, 0.4) is 0 Å². The predicted molar refractivity (Wildman–Crippen MR) is 380 cm³/mol. The Morgan fingerprint density at radius 2 is 0.640 bits per heavy atom. The Hall–Kier alpha value is -3.53. The summed E-state index contributed by atoms with van der Waals surface area (Å²) in [6.07, 6.45) is 92.6. The zero-order valence-corrected chi connectivity index (χ0v) is 59.0. The second-order valence-corrected chi connectivity index (χ2v) is 26.6. The van der Waals surface area contributed by atoms with E-state index in [1.54, 1.807) is 0 Å². The summed E-state index contributed by atoms with van der Waals surface area (Å²) in [6, 6.07) is 0. The Morgan fingerprint density at radius 1 is 0.348 bits per heavy atom. The van der Waals surface area contributed by atoms with Crippen LogP contribution in [0.4, 0.5) is 0 Å². The second-order valence-electron chi connectivity index (χ2n) is 26.6. The monoisotopic (exact) mass is 1250 g/mol. The first-order chi connectivity index (χ1) is 43.6. The molecule has 2 atom stereocenters. The van der Waals surface area contributed by atoms with Gasteiger partial charge < -0.3 is 33.3 Å². The van der Waals surface area contributed by atoms with Gasteiger partial charge in [-0.2, -0.15) is 0 Å². The molecule has 516 valence electrons. The number of hydrogen-bond donors (Lipinski definition) is 0. The van der Waals surface area contributed by atoms with Crippen molar-refractivity contribution in [3.05, 3.63) is 85.1 Å². The minimum Gasteiger partial charge on any atom is -0.545 e. The van der Waals surface area contributed by atoms with Gasteiger partial charge >= 0.3 is 11.9 Å². The first-order valence-corrected chi connectivity index (χ1v) is 37.7. The van der Waals surface area contributed by atoms with Gasteiger partial charge in [-0.3, -0.25) is 9.59 Å². The van der Waals surface area contributed by atoms with Crippen LogP contribution in [0.5, 0.6) is 0 Å². The number of likely N-dealkylation sites (N-methyl/N-ethyl adjacent to an activating group) is 1. The molecular weight excluding hydrogens is 1100 g/mol. The molecule has 0 amide bonds. The predicted octanol–water partition coefficient (Wildman–Crippen LogP) is 22.5. The summed E-state index contributed by atoms with van der Waals surface area (Å²) >= 11 is 0. The van der Waals surface area contributed by atoms with Crippen LogP contribution in [-0.2, 0) is 33.3 Å². The summed E-state index contributed by atoms with van der Waals surface area (Å²) in [6.45, 7) is 4.67. The number of nitrogens with zero attached hydrogens (tertiary/aromatic N) is 1. The van der Waals surface area contributed by atoms with Crippen molar-refractivity contribution in [3.63, 3.8) is 0 Å². The van der Waals surface area contributed by atoms with Gasteiger partial charge in [0, 0.05) is 12.8 Å². The van der Waals surface area contributed by atoms with E-state index in [1.807, 2.05) is 21.1 Å². The van der Waals surface area contributed by atoms with Crippen molar-refractivity contribution in [2.75, 3.05) is 47.5 Å². The van der Waals surface area contributed by atoms with Gasteiger partial charge in [0.25, 0.3) is 0 Å². The Balaban J connectivity index is 4.02. The number of carboxylic acids is 1. The third-order valence-corrected chi connectivity index (χ3v) is 16.6. The Kier molecular flexibility index (Phi) is 67.6. The number of ether oxygens (including phenoxy) is 4. The maximum Gasteiger partial charge on any atom is 0.306 e. The fourth-order valence-electron chi connectivity index (χ4n) is 10.9. The van der Waals surface area contributed by atoms with Gasteiger partial charge in [0.2, 0.25) is 0 Å². The van der Waals surface area contributed by atoms with E-state index < -0.39 is 24.3 Å². The fourth-order valence-corrected chi connectivity index (χ4v) is 10.9. The van der Waals surface area contributed by atoms with E-state index in [4.69, 9.17) is 18.9 Å². The summed E-state index contributed by atoms with van der Waals surface area (Å²) < 4.78 is 22.9. The molecule has 0 aromatic heterocycles. The van der Waals surface area contributed by atoms with Gasteiger partial charge in [-0.15, -0.1) is 0 Å². The van der Waals surface area contributed by atoms with E-state index in [0.29, 0.717) is 23.9 Å². The number of quaternary nitrogens is 1. The van der Waals surface area contributed by atoms with Gasteiger partial charge in [-0.25, -0.2) is 0 Å². The van der Waals surface area contributed by atoms with E-state index in [2.05, 4.69) is 98.9 Å². The van der Waals surface area contributed by atoms with Gasteiger partial charge in [0.15, 0.2) is 12.4 Å². The van der Waals surface area contributed by atoms with Gasteiger partial charge in [0.05, 0.1) is 40.3 Å². The zero-order chi connectivity index (χ0) is 64.7. The lowest BCUT2D eigenvalue weighted by Gasteiger charge is -2.26. The molecule has 0 bridgehead atoms. The molecule has 0 aliphatic carbocycles. The quantitative estimate of drug-likeness (QED) is 0.0195. The van der Waals surface area contributed by atoms with Crippen molar-refractivity contribution in [3.8, 4) is 0 Å². The summed E-state index contributed by atoms with van der Waals surface area (Å²) in [4.78, 5) is 37.6. The molecular formula is C80H143NO8. The van der Waals surface area contributed by atoms with Gasteiger partial charge in [-0.1, -0.05) is 330 Å². The molecule has 9 nitrogen and oxygen atoms in total. The number of aliphatic carboxylic acids is 1. The Labute approximate surface area is 550 Å². The number of hydrogen-bond acceptors (Lipinski definition) is 8. The number of carbonyl (C=O) groups excluding carboxylic acids is 3. The highest BCUT2D eigenvalue weighted by molar-refractivity contribution is 5.70. The van der Waals surface area contributed by atoms with E-state index in [9.17, 15) is 19.5 Å². The van der Waals surface area contributed by atoms with Gasteiger partial charge in [-0.05, 0) is 89.9 Å². The third kappa shape index (κ3) is 71.8. The van der Waals surface area contributed by atoms with Crippen LogP contribution in [0.15, 0.2) is 85.1 Å². The molecule has 0 N–H and O–H groups in total. The van der Waals surface area contributed by atoms with Crippen LogP contribution in [0.1, 0.15) is 348 Å². The molecule has 0 aliphatic rings.